The number of para-hydroxylation sites is 1. The molecule has 0 radical (unpaired) electrons. The molecule has 7 heteroatoms. The van der Waals surface area contributed by atoms with E-state index in [-0.39, 0.29) is 6.54 Å². The van der Waals surface area contributed by atoms with Crippen LogP contribution in [0.5, 0.6) is 5.75 Å². The normalized spacial score (nSPS) is 10.1. The Morgan fingerprint density at radius 3 is 2.72 bits per heavy atom. The standard InChI is InChI=1S/C11H13N5O2/c1-15(2)11-12-13-14-16(11)8-10(17)18-9-6-4-3-5-7-9/h3-7H,8H2,1-2H3. The van der Waals surface area contributed by atoms with Crippen LogP contribution >= 0.6 is 0 Å². The Balaban J connectivity index is 2.01. The molecule has 0 unspecified atom stereocenters. The van der Waals surface area contributed by atoms with Gasteiger partial charge in [-0.15, -0.1) is 0 Å². The Morgan fingerprint density at radius 2 is 2.06 bits per heavy atom. The first-order valence-electron chi connectivity index (χ1n) is 5.36. The van der Waals surface area contributed by atoms with Crippen LogP contribution in [0.1, 0.15) is 0 Å². The van der Waals surface area contributed by atoms with Crippen molar-refractivity contribution in [2.75, 3.05) is 19.0 Å². The Kier molecular flexibility index (Phi) is 3.52. The summed E-state index contributed by atoms with van der Waals surface area (Å²) in [5.41, 5.74) is 0. The lowest BCUT2D eigenvalue weighted by Gasteiger charge is -2.10. The second kappa shape index (κ2) is 5.26. The van der Waals surface area contributed by atoms with Gasteiger partial charge in [0.1, 0.15) is 12.3 Å². The van der Waals surface area contributed by atoms with Crippen molar-refractivity contribution in [2.45, 2.75) is 6.54 Å². The number of aromatic nitrogens is 4. The molecule has 7 nitrogen and oxygen atoms in total. The maximum Gasteiger partial charge on any atom is 0.333 e. The second-order valence-corrected chi connectivity index (χ2v) is 3.82. The number of benzene rings is 1. The molecule has 0 aliphatic carbocycles. The van der Waals surface area contributed by atoms with Gasteiger partial charge in [-0.3, -0.25) is 0 Å². The maximum absolute atomic E-state index is 11.7. The van der Waals surface area contributed by atoms with Crippen molar-refractivity contribution in [1.29, 1.82) is 0 Å². The minimum absolute atomic E-state index is 0.0323. The molecule has 0 saturated heterocycles. The summed E-state index contributed by atoms with van der Waals surface area (Å²) in [4.78, 5) is 13.4. The Morgan fingerprint density at radius 1 is 1.33 bits per heavy atom. The summed E-state index contributed by atoms with van der Waals surface area (Å²) in [5.74, 6) is 0.582. The van der Waals surface area contributed by atoms with Gasteiger partial charge in [-0.25, -0.2) is 9.48 Å². The third kappa shape index (κ3) is 2.82. The number of hydrogen-bond acceptors (Lipinski definition) is 6. The molecule has 18 heavy (non-hydrogen) atoms. The molecule has 2 aromatic rings. The van der Waals surface area contributed by atoms with E-state index in [1.54, 1.807) is 43.3 Å². The molecule has 0 fully saturated rings. The molecule has 0 spiro atoms. The minimum Gasteiger partial charge on any atom is -0.425 e. The Bertz CT molecular complexity index is 523. The minimum atomic E-state index is -0.420. The van der Waals surface area contributed by atoms with Crippen LogP contribution in [0.4, 0.5) is 5.95 Å². The zero-order chi connectivity index (χ0) is 13.0. The van der Waals surface area contributed by atoms with Gasteiger partial charge >= 0.3 is 5.97 Å². The van der Waals surface area contributed by atoms with Crippen LogP contribution in [-0.4, -0.2) is 40.3 Å². The second-order valence-electron chi connectivity index (χ2n) is 3.82. The summed E-state index contributed by atoms with van der Waals surface area (Å²) < 4.78 is 6.53. The van der Waals surface area contributed by atoms with E-state index < -0.39 is 5.97 Å². The third-order valence-corrected chi connectivity index (χ3v) is 2.17. The van der Waals surface area contributed by atoms with Gasteiger partial charge in [-0.2, -0.15) is 0 Å². The molecule has 94 valence electrons. The van der Waals surface area contributed by atoms with E-state index in [1.807, 2.05) is 6.07 Å². The first kappa shape index (κ1) is 12.0. The van der Waals surface area contributed by atoms with Crippen molar-refractivity contribution in [3.8, 4) is 5.75 Å². The first-order valence-corrected chi connectivity index (χ1v) is 5.36. The highest BCUT2D eigenvalue weighted by molar-refractivity contribution is 5.72. The molecule has 0 amide bonds. The largest absolute Gasteiger partial charge is 0.425 e. The van der Waals surface area contributed by atoms with Gasteiger partial charge in [-0.05, 0) is 22.6 Å². The van der Waals surface area contributed by atoms with Crippen molar-refractivity contribution >= 4 is 11.9 Å². The van der Waals surface area contributed by atoms with Crippen LogP contribution in [0.25, 0.3) is 0 Å². The van der Waals surface area contributed by atoms with Crippen LogP contribution in [0.3, 0.4) is 0 Å². The molecule has 1 heterocycles. The highest BCUT2D eigenvalue weighted by Crippen LogP contribution is 2.09. The lowest BCUT2D eigenvalue weighted by atomic mass is 10.3. The van der Waals surface area contributed by atoms with Crippen LogP contribution in [0, 0.1) is 0 Å². The first-order chi connectivity index (χ1) is 8.66. The van der Waals surface area contributed by atoms with Crippen LogP contribution in [0.2, 0.25) is 0 Å². The highest BCUT2D eigenvalue weighted by Gasteiger charge is 2.13. The summed E-state index contributed by atoms with van der Waals surface area (Å²) in [6, 6.07) is 8.87. The van der Waals surface area contributed by atoms with Gasteiger partial charge in [0.2, 0.25) is 5.95 Å². The van der Waals surface area contributed by atoms with E-state index in [1.165, 1.54) is 4.68 Å². The van der Waals surface area contributed by atoms with E-state index in [0.717, 1.165) is 0 Å². The summed E-state index contributed by atoms with van der Waals surface area (Å²) in [5, 5.41) is 11.0. The predicted octanol–water partition coefficient (Wildman–Crippen LogP) is 0.345. The number of anilines is 1. The molecule has 0 atom stereocenters. The lowest BCUT2D eigenvalue weighted by Crippen LogP contribution is -2.22. The van der Waals surface area contributed by atoms with Crippen LogP contribution < -0.4 is 9.64 Å². The van der Waals surface area contributed by atoms with E-state index >= 15 is 0 Å². The summed E-state index contributed by atoms with van der Waals surface area (Å²) in [6.07, 6.45) is 0. The summed E-state index contributed by atoms with van der Waals surface area (Å²) >= 11 is 0. The van der Waals surface area contributed by atoms with Crippen molar-refractivity contribution in [1.82, 2.24) is 20.2 Å². The SMILES string of the molecule is CN(C)c1nnnn1CC(=O)Oc1ccccc1. The number of rotatable bonds is 4. The molecule has 1 aromatic carbocycles. The fraction of sp³-hybridized carbons (Fsp3) is 0.273. The smallest absolute Gasteiger partial charge is 0.333 e. The van der Waals surface area contributed by atoms with Gasteiger partial charge in [0.15, 0.2) is 0 Å². The number of carbonyl (C=O) groups is 1. The quantitative estimate of drug-likeness (QED) is 0.573. The molecule has 0 saturated carbocycles. The van der Waals surface area contributed by atoms with Gasteiger partial charge in [0, 0.05) is 14.1 Å². The zero-order valence-corrected chi connectivity index (χ0v) is 10.1. The maximum atomic E-state index is 11.7. The Labute approximate surface area is 104 Å². The molecule has 0 bridgehead atoms. The summed E-state index contributed by atoms with van der Waals surface area (Å²) in [7, 11) is 3.59. The van der Waals surface area contributed by atoms with Crippen LogP contribution in [0.15, 0.2) is 30.3 Å². The lowest BCUT2D eigenvalue weighted by molar-refractivity contribution is -0.135. The van der Waals surface area contributed by atoms with Crippen molar-refractivity contribution in [3.63, 3.8) is 0 Å². The van der Waals surface area contributed by atoms with Crippen LogP contribution in [-0.2, 0) is 11.3 Å². The third-order valence-electron chi connectivity index (χ3n) is 2.17. The molecule has 1 aromatic heterocycles. The predicted molar refractivity (Wildman–Crippen MR) is 64.2 cm³/mol. The zero-order valence-electron chi connectivity index (χ0n) is 10.1. The highest BCUT2D eigenvalue weighted by atomic mass is 16.5. The van der Waals surface area contributed by atoms with Gasteiger partial charge < -0.3 is 9.64 Å². The fourth-order valence-corrected chi connectivity index (χ4v) is 1.40. The average molecular weight is 247 g/mol. The molecular formula is C11H13N5O2. The van der Waals surface area contributed by atoms with Gasteiger partial charge in [0.05, 0.1) is 0 Å². The Hall–Kier alpha value is -2.44. The molecule has 0 aliphatic rings. The number of ether oxygens (including phenoxy) is 1. The molecular weight excluding hydrogens is 234 g/mol. The van der Waals surface area contributed by atoms with Crippen molar-refractivity contribution in [2.24, 2.45) is 0 Å². The number of esters is 1. The molecule has 0 N–H and O–H groups in total. The molecule has 2 rings (SSSR count). The topological polar surface area (TPSA) is 73.1 Å². The van der Waals surface area contributed by atoms with Crippen molar-refractivity contribution < 1.29 is 9.53 Å². The fourth-order valence-electron chi connectivity index (χ4n) is 1.40. The van der Waals surface area contributed by atoms with Gasteiger partial charge in [-0.1, -0.05) is 23.3 Å². The summed E-state index contributed by atoms with van der Waals surface area (Å²) in [6.45, 7) is -0.0323. The number of carbonyl (C=O) groups excluding carboxylic acids is 1. The van der Waals surface area contributed by atoms with E-state index in [4.69, 9.17) is 4.74 Å². The number of nitrogens with zero attached hydrogens (tertiary/aromatic N) is 5. The average Bonchev–Trinajstić information content (AvgIpc) is 2.78. The number of tetrazole rings is 1. The molecule has 0 aliphatic heterocycles. The van der Waals surface area contributed by atoms with E-state index in [9.17, 15) is 4.79 Å². The van der Waals surface area contributed by atoms with Crippen molar-refractivity contribution in [3.05, 3.63) is 30.3 Å². The van der Waals surface area contributed by atoms with E-state index in [0.29, 0.717) is 11.7 Å². The number of hydrogen-bond donors (Lipinski definition) is 0. The monoisotopic (exact) mass is 247 g/mol. The van der Waals surface area contributed by atoms with Gasteiger partial charge in [0.25, 0.3) is 0 Å². The van der Waals surface area contributed by atoms with E-state index in [2.05, 4.69) is 15.5 Å².